The number of hydrogen-bond donors (Lipinski definition) is 1. The number of aliphatic hydroxyl groups is 1. The van der Waals surface area contributed by atoms with Crippen molar-refractivity contribution in [1.82, 2.24) is 0 Å². The minimum Gasteiger partial charge on any atom is -0.457 e. The van der Waals surface area contributed by atoms with E-state index >= 15 is 0 Å². The van der Waals surface area contributed by atoms with Crippen LogP contribution < -0.4 is 0 Å². The van der Waals surface area contributed by atoms with Crippen LogP contribution in [-0.4, -0.2) is 48.8 Å². The van der Waals surface area contributed by atoms with Crippen molar-refractivity contribution in [2.24, 2.45) is 5.92 Å². The largest absolute Gasteiger partial charge is 0.457 e. The van der Waals surface area contributed by atoms with Crippen molar-refractivity contribution in [3.8, 4) is 0 Å². The van der Waals surface area contributed by atoms with E-state index in [4.69, 9.17) is 4.74 Å². The fraction of sp³-hybridized carbons (Fsp3) is 0.722. The average molecular weight is 341 g/mol. The normalized spacial score (nSPS) is 18.8. The lowest BCUT2D eigenvalue weighted by atomic mass is 9.84. The summed E-state index contributed by atoms with van der Waals surface area (Å²) in [4.78, 5) is 13.5. The first-order chi connectivity index (χ1) is 11.0. The second-order valence-corrected chi connectivity index (χ2v) is 7.78. The van der Waals surface area contributed by atoms with Gasteiger partial charge in [0.1, 0.15) is 13.2 Å². The number of thiophene rings is 1. The standard InChI is InChI=1S/C18H30NO3S/c1-4-19(3,5-2)12-13-22-17(20)18(21,15-9-6-7-10-15)16-11-8-14-23-16/h8,11,14-15,21H,4-7,9-10,12-13H2,1-3H3/q+1/t18-/m0/s1. The maximum absolute atomic E-state index is 12.7. The summed E-state index contributed by atoms with van der Waals surface area (Å²) < 4.78 is 6.41. The second kappa shape index (κ2) is 7.77. The Kier molecular flexibility index (Phi) is 6.23. The van der Waals surface area contributed by atoms with Gasteiger partial charge in [-0.3, -0.25) is 0 Å². The van der Waals surface area contributed by atoms with E-state index in [1.807, 2.05) is 17.5 Å². The molecule has 130 valence electrons. The van der Waals surface area contributed by atoms with Crippen LogP contribution in [-0.2, 0) is 15.1 Å². The van der Waals surface area contributed by atoms with Crippen LogP contribution in [0.2, 0.25) is 0 Å². The lowest BCUT2D eigenvalue weighted by molar-refractivity contribution is -0.906. The number of carbonyl (C=O) groups excluding carboxylic acids is 1. The number of rotatable bonds is 8. The zero-order chi connectivity index (χ0) is 16.9. The van der Waals surface area contributed by atoms with E-state index in [1.54, 1.807) is 0 Å². The molecule has 0 radical (unpaired) electrons. The summed E-state index contributed by atoms with van der Waals surface area (Å²) in [5, 5.41) is 13.1. The van der Waals surface area contributed by atoms with E-state index in [0.717, 1.165) is 54.7 Å². The van der Waals surface area contributed by atoms with Crippen LogP contribution in [0.15, 0.2) is 17.5 Å². The van der Waals surface area contributed by atoms with Crippen LogP contribution in [0, 0.1) is 5.92 Å². The van der Waals surface area contributed by atoms with Crippen LogP contribution in [0.1, 0.15) is 44.4 Å². The molecule has 1 aromatic heterocycles. The van der Waals surface area contributed by atoms with Crippen molar-refractivity contribution in [2.75, 3.05) is 33.3 Å². The van der Waals surface area contributed by atoms with Gasteiger partial charge in [-0.05, 0) is 38.1 Å². The number of ether oxygens (including phenoxy) is 1. The van der Waals surface area contributed by atoms with Gasteiger partial charge < -0.3 is 14.3 Å². The Morgan fingerprint density at radius 1 is 1.39 bits per heavy atom. The summed E-state index contributed by atoms with van der Waals surface area (Å²) in [7, 11) is 2.16. The fourth-order valence-corrected chi connectivity index (χ4v) is 4.21. The first-order valence-electron chi connectivity index (χ1n) is 8.73. The first kappa shape index (κ1) is 18.4. The first-order valence-corrected chi connectivity index (χ1v) is 9.61. The zero-order valence-electron chi connectivity index (χ0n) is 14.6. The third kappa shape index (κ3) is 3.95. The molecule has 1 fully saturated rings. The lowest BCUT2D eigenvalue weighted by Crippen LogP contribution is -2.48. The molecule has 1 saturated carbocycles. The van der Waals surface area contributed by atoms with Crippen molar-refractivity contribution in [3.05, 3.63) is 22.4 Å². The van der Waals surface area contributed by atoms with Crippen molar-refractivity contribution >= 4 is 17.3 Å². The van der Waals surface area contributed by atoms with E-state index in [0.29, 0.717) is 6.61 Å². The Hall–Kier alpha value is -0.910. The number of esters is 1. The van der Waals surface area contributed by atoms with Crippen LogP contribution in [0.5, 0.6) is 0 Å². The number of likely N-dealkylation sites (N-methyl/N-ethyl adjacent to an activating group) is 1. The molecule has 1 aliphatic carbocycles. The van der Waals surface area contributed by atoms with E-state index in [1.165, 1.54) is 11.3 Å². The summed E-state index contributed by atoms with van der Waals surface area (Å²) >= 11 is 1.44. The molecule has 0 saturated heterocycles. The highest BCUT2D eigenvalue weighted by Crippen LogP contribution is 2.43. The average Bonchev–Trinajstić information content (AvgIpc) is 3.26. The summed E-state index contributed by atoms with van der Waals surface area (Å²) in [6.45, 7) is 7.44. The van der Waals surface area contributed by atoms with E-state index in [2.05, 4.69) is 20.9 Å². The molecule has 1 aliphatic rings. The molecule has 1 atom stereocenters. The van der Waals surface area contributed by atoms with Gasteiger partial charge in [-0.15, -0.1) is 11.3 Å². The highest BCUT2D eigenvalue weighted by molar-refractivity contribution is 7.10. The van der Waals surface area contributed by atoms with Gasteiger partial charge in [-0.2, -0.15) is 0 Å². The molecule has 1 N–H and O–H groups in total. The SMILES string of the molecule is CC[N+](C)(CC)CCOC(=O)[C@@](O)(c1cccs1)C1CCCC1. The molecule has 2 rings (SSSR count). The molecule has 0 aliphatic heterocycles. The molecule has 4 nitrogen and oxygen atoms in total. The maximum atomic E-state index is 12.7. The Bertz CT molecular complexity index is 492. The molecule has 0 bridgehead atoms. The van der Waals surface area contributed by atoms with Crippen molar-refractivity contribution in [1.29, 1.82) is 0 Å². The summed E-state index contributed by atoms with van der Waals surface area (Å²) in [6, 6.07) is 3.73. The highest BCUT2D eigenvalue weighted by atomic mass is 32.1. The van der Waals surface area contributed by atoms with E-state index < -0.39 is 11.6 Å². The quantitative estimate of drug-likeness (QED) is 0.584. The van der Waals surface area contributed by atoms with Gasteiger partial charge in [0.15, 0.2) is 5.60 Å². The molecular weight excluding hydrogens is 310 g/mol. The molecular formula is C18H30NO3S+. The summed E-state index contributed by atoms with van der Waals surface area (Å²) in [6.07, 6.45) is 3.93. The second-order valence-electron chi connectivity index (χ2n) is 6.84. The van der Waals surface area contributed by atoms with Gasteiger partial charge in [0.25, 0.3) is 0 Å². The molecule has 0 aromatic carbocycles. The molecule has 1 aromatic rings. The Morgan fingerprint density at radius 2 is 2.04 bits per heavy atom. The predicted octanol–water partition coefficient (Wildman–Crippen LogP) is 3.16. The van der Waals surface area contributed by atoms with Crippen LogP contribution in [0.25, 0.3) is 0 Å². The summed E-state index contributed by atoms with van der Waals surface area (Å²) in [5.41, 5.74) is -1.47. The number of carbonyl (C=O) groups is 1. The molecule has 0 spiro atoms. The Balaban J connectivity index is 2.06. The smallest absolute Gasteiger partial charge is 0.344 e. The topological polar surface area (TPSA) is 46.5 Å². The molecule has 5 heteroatoms. The number of hydrogen-bond acceptors (Lipinski definition) is 4. The van der Waals surface area contributed by atoms with Crippen molar-refractivity contribution in [3.63, 3.8) is 0 Å². The maximum Gasteiger partial charge on any atom is 0.344 e. The van der Waals surface area contributed by atoms with Gasteiger partial charge in [-0.1, -0.05) is 18.9 Å². The molecule has 0 amide bonds. The zero-order valence-corrected chi connectivity index (χ0v) is 15.4. The predicted molar refractivity (Wildman–Crippen MR) is 93.3 cm³/mol. The van der Waals surface area contributed by atoms with E-state index in [9.17, 15) is 9.90 Å². The van der Waals surface area contributed by atoms with Gasteiger partial charge in [0, 0.05) is 10.8 Å². The highest BCUT2D eigenvalue weighted by Gasteiger charge is 2.48. The van der Waals surface area contributed by atoms with Gasteiger partial charge in [0.05, 0.1) is 20.1 Å². The van der Waals surface area contributed by atoms with Crippen molar-refractivity contribution < 1.29 is 19.1 Å². The number of quaternary nitrogens is 1. The third-order valence-corrected chi connectivity index (χ3v) is 6.54. The van der Waals surface area contributed by atoms with Crippen LogP contribution in [0.4, 0.5) is 0 Å². The Labute approximate surface area is 143 Å². The third-order valence-electron chi connectivity index (χ3n) is 5.55. The lowest BCUT2D eigenvalue weighted by Gasteiger charge is -2.33. The molecule has 1 heterocycles. The number of nitrogens with zero attached hydrogens (tertiary/aromatic N) is 1. The Morgan fingerprint density at radius 3 is 2.57 bits per heavy atom. The van der Waals surface area contributed by atoms with Crippen molar-refractivity contribution in [2.45, 2.75) is 45.1 Å². The molecule has 23 heavy (non-hydrogen) atoms. The fourth-order valence-electron chi connectivity index (χ4n) is 3.32. The van der Waals surface area contributed by atoms with Gasteiger partial charge >= 0.3 is 5.97 Å². The summed E-state index contributed by atoms with van der Waals surface area (Å²) in [5.74, 6) is -0.488. The minimum atomic E-state index is -1.47. The minimum absolute atomic E-state index is 0.0214. The van der Waals surface area contributed by atoms with Crippen LogP contribution in [0.3, 0.4) is 0 Å². The monoisotopic (exact) mass is 340 g/mol. The van der Waals surface area contributed by atoms with Crippen LogP contribution >= 0.6 is 11.3 Å². The van der Waals surface area contributed by atoms with Gasteiger partial charge in [-0.25, -0.2) is 4.79 Å². The molecule has 0 unspecified atom stereocenters. The van der Waals surface area contributed by atoms with E-state index in [-0.39, 0.29) is 5.92 Å². The van der Waals surface area contributed by atoms with Gasteiger partial charge in [0.2, 0.25) is 0 Å².